The summed E-state index contributed by atoms with van der Waals surface area (Å²) in [6.45, 7) is 4.11. The Morgan fingerprint density at radius 1 is 0.848 bits per heavy atom. The molecular formula is C30H37F3. The molecule has 0 saturated heterocycles. The van der Waals surface area contributed by atoms with Crippen LogP contribution in [0.3, 0.4) is 0 Å². The molecule has 4 rings (SSSR count). The molecule has 0 aromatic heterocycles. The highest BCUT2D eigenvalue weighted by molar-refractivity contribution is 5.67. The van der Waals surface area contributed by atoms with Crippen LogP contribution in [0.4, 0.5) is 13.2 Å². The molecule has 0 radical (unpaired) electrons. The van der Waals surface area contributed by atoms with Gasteiger partial charge in [0, 0.05) is 5.56 Å². The maximum atomic E-state index is 14.9. The molecule has 1 fully saturated rings. The summed E-state index contributed by atoms with van der Waals surface area (Å²) >= 11 is 0. The first-order chi connectivity index (χ1) is 16.0. The van der Waals surface area contributed by atoms with Crippen LogP contribution in [-0.4, -0.2) is 0 Å². The van der Waals surface area contributed by atoms with E-state index < -0.39 is 11.6 Å². The summed E-state index contributed by atoms with van der Waals surface area (Å²) in [5.74, 6) is 0.0174. The average molecular weight is 455 g/mol. The zero-order chi connectivity index (χ0) is 23.4. The Morgan fingerprint density at radius 2 is 1.64 bits per heavy atom. The van der Waals surface area contributed by atoms with Gasteiger partial charge >= 0.3 is 0 Å². The Morgan fingerprint density at radius 3 is 2.30 bits per heavy atom. The summed E-state index contributed by atoms with van der Waals surface area (Å²) < 4.78 is 44.1. The summed E-state index contributed by atoms with van der Waals surface area (Å²) in [7, 11) is 0. The molecule has 0 bridgehead atoms. The molecule has 1 unspecified atom stereocenters. The zero-order valence-electron chi connectivity index (χ0n) is 20.1. The van der Waals surface area contributed by atoms with E-state index in [9.17, 15) is 13.2 Å². The molecule has 0 N–H and O–H groups in total. The van der Waals surface area contributed by atoms with Crippen molar-refractivity contribution in [3.05, 3.63) is 76.1 Å². The normalized spacial score (nSPS) is 23.4. The van der Waals surface area contributed by atoms with Gasteiger partial charge in [-0.25, -0.2) is 13.2 Å². The van der Waals surface area contributed by atoms with E-state index in [1.165, 1.54) is 12.8 Å². The minimum atomic E-state index is -0.675. The molecule has 2 aliphatic rings. The van der Waals surface area contributed by atoms with Gasteiger partial charge in [0.1, 0.15) is 5.82 Å². The highest BCUT2D eigenvalue weighted by atomic mass is 19.2. The molecule has 2 aromatic carbocycles. The Hall–Kier alpha value is -2.03. The third kappa shape index (κ3) is 5.73. The third-order valence-electron chi connectivity index (χ3n) is 7.99. The maximum absolute atomic E-state index is 14.9. The highest BCUT2D eigenvalue weighted by Gasteiger charge is 2.25. The van der Waals surface area contributed by atoms with Gasteiger partial charge in [0.25, 0.3) is 0 Å². The number of rotatable bonds is 7. The van der Waals surface area contributed by atoms with Crippen LogP contribution in [-0.2, 0) is 6.42 Å². The molecule has 2 aliphatic carbocycles. The standard InChI is InChI=1S/C30H37F3/c1-3-4-21-6-13-24(14-7-21)27-18-16-25(29(32)30(27)33)15-10-22-8-11-23(12-9-22)26-17-5-20(2)19-28(26)31/h5,13,16-19,21-23H,3-4,6-12,14-15H2,1-2H3. The van der Waals surface area contributed by atoms with Gasteiger partial charge in [-0.15, -0.1) is 0 Å². The maximum Gasteiger partial charge on any atom is 0.166 e. The fourth-order valence-corrected chi connectivity index (χ4v) is 5.92. The van der Waals surface area contributed by atoms with E-state index in [4.69, 9.17) is 0 Å². The van der Waals surface area contributed by atoms with Crippen LogP contribution >= 0.6 is 0 Å². The predicted octanol–water partition coefficient (Wildman–Crippen LogP) is 9.30. The van der Waals surface area contributed by atoms with Crippen molar-refractivity contribution in [2.75, 3.05) is 0 Å². The number of halogens is 3. The van der Waals surface area contributed by atoms with Crippen LogP contribution in [0.25, 0.3) is 5.57 Å². The molecule has 33 heavy (non-hydrogen) atoms. The molecule has 178 valence electrons. The molecule has 1 atom stereocenters. The van der Waals surface area contributed by atoms with Crippen LogP contribution < -0.4 is 0 Å². The molecule has 0 heterocycles. The quantitative estimate of drug-likeness (QED) is 0.391. The highest BCUT2D eigenvalue weighted by Crippen LogP contribution is 2.39. The summed E-state index contributed by atoms with van der Waals surface area (Å²) in [6.07, 6.45) is 12.8. The van der Waals surface area contributed by atoms with E-state index in [-0.39, 0.29) is 11.7 Å². The van der Waals surface area contributed by atoms with Crippen LogP contribution in [0.2, 0.25) is 0 Å². The van der Waals surface area contributed by atoms with E-state index in [1.54, 1.807) is 18.2 Å². The second-order valence-electron chi connectivity index (χ2n) is 10.3. The fraction of sp³-hybridized carbons (Fsp3) is 0.533. The summed E-state index contributed by atoms with van der Waals surface area (Å²) in [5.41, 5.74) is 3.69. The average Bonchev–Trinajstić information content (AvgIpc) is 2.81. The number of aryl methyl sites for hydroxylation is 2. The third-order valence-corrected chi connectivity index (χ3v) is 7.99. The van der Waals surface area contributed by atoms with Gasteiger partial charge in [0.05, 0.1) is 0 Å². The Balaban J connectivity index is 1.32. The Bertz CT molecular complexity index is 982. The van der Waals surface area contributed by atoms with Crippen LogP contribution in [0.15, 0.2) is 36.4 Å². The van der Waals surface area contributed by atoms with E-state index >= 15 is 0 Å². The lowest BCUT2D eigenvalue weighted by atomic mass is 9.76. The first-order valence-corrected chi connectivity index (χ1v) is 12.9. The lowest BCUT2D eigenvalue weighted by Crippen LogP contribution is -2.15. The van der Waals surface area contributed by atoms with Gasteiger partial charge in [-0.2, -0.15) is 0 Å². The molecule has 0 spiro atoms. The van der Waals surface area contributed by atoms with Gasteiger partial charge in [-0.1, -0.05) is 50.1 Å². The van der Waals surface area contributed by atoms with Crippen molar-refractivity contribution < 1.29 is 13.2 Å². The smallest absolute Gasteiger partial charge is 0.166 e. The largest absolute Gasteiger partial charge is 0.207 e. The number of hydrogen-bond donors (Lipinski definition) is 0. The van der Waals surface area contributed by atoms with Gasteiger partial charge in [0.15, 0.2) is 11.6 Å². The Labute approximate surface area is 197 Å². The van der Waals surface area contributed by atoms with Crippen molar-refractivity contribution in [3.63, 3.8) is 0 Å². The van der Waals surface area contributed by atoms with E-state index in [0.717, 1.165) is 68.1 Å². The van der Waals surface area contributed by atoms with Gasteiger partial charge in [-0.3, -0.25) is 0 Å². The molecule has 2 aromatic rings. The minimum absolute atomic E-state index is 0.0925. The second kappa shape index (κ2) is 10.9. The second-order valence-corrected chi connectivity index (χ2v) is 10.3. The van der Waals surface area contributed by atoms with Gasteiger partial charge in [-0.05, 0) is 111 Å². The summed E-state index contributed by atoms with van der Waals surface area (Å²) in [5, 5.41) is 0. The molecule has 0 aliphatic heterocycles. The summed E-state index contributed by atoms with van der Waals surface area (Å²) in [4.78, 5) is 0. The van der Waals surface area contributed by atoms with Crippen molar-refractivity contribution in [2.24, 2.45) is 11.8 Å². The van der Waals surface area contributed by atoms with E-state index in [0.29, 0.717) is 29.4 Å². The van der Waals surface area contributed by atoms with Crippen LogP contribution in [0.5, 0.6) is 0 Å². The fourth-order valence-electron chi connectivity index (χ4n) is 5.92. The number of allylic oxidation sites excluding steroid dienone is 2. The predicted molar refractivity (Wildman–Crippen MR) is 131 cm³/mol. The number of benzene rings is 2. The van der Waals surface area contributed by atoms with Gasteiger partial charge in [0.2, 0.25) is 0 Å². The van der Waals surface area contributed by atoms with Gasteiger partial charge < -0.3 is 0 Å². The first kappa shape index (κ1) is 24.1. The monoisotopic (exact) mass is 454 g/mol. The van der Waals surface area contributed by atoms with Crippen molar-refractivity contribution in [1.82, 2.24) is 0 Å². The topological polar surface area (TPSA) is 0 Å². The summed E-state index contributed by atoms with van der Waals surface area (Å²) in [6, 6.07) is 9.12. The minimum Gasteiger partial charge on any atom is -0.207 e. The molecule has 0 amide bonds. The SMILES string of the molecule is CCCC1CC=C(c2ccc(CCC3CCC(c4ccc(C)cc4F)CC3)c(F)c2F)CC1. The van der Waals surface area contributed by atoms with Crippen molar-refractivity contribution in [3.8, 4) is 0 Å². The van der Waals surface area contributed by atoms with Crippen molar-refractivity contribution in [1.29, 1.82) is 0 Å². The zero-order valence-corrected chi connectivity index (χ0v) is 20.1. The van der Waals surface area contributed by atoms with Crippen molar-refractivity contribution in [2.45, 2.75) is 90.4 Å². The van der Waals surface area contributed by atoms with E-state index in [2.05, 4.69) is 13.0 Å². The Kier molecular flexibility index (Phi) is 7.98. The van der Waals surface area contributed by atoms with Crippen LogP contribution in [0.1, 0.15) is 99.3 Å². The van der Waals surface area contributed by atoms with Crippen LogP contribution in [0, 0.1) is 36.2 Å². The van der Waals surface area contributed by atoms with Crippen molar-refractivity contribution >= 4 is 5.57 Å². The molecule has 3 heteroatoms. The lowest BCUT2D eigenvalue weighted by molar-refractivity contribution is 0.305. The first-order valence-electron chi connectivity index (χ1n) is 12.9. The van der Waals surface area contributed by atoms with E-state index in [1.807, 2.05) is 19.1 Å². The molecule has 0 nitrogen and oxygen atoms in total. The molecule has 1 saturated carbocycles. The number of hydrogen-bond acceptors (Lipinski definition) is 0. The molecular weight excluding hydrogens is 417 g/mol. The lowest BCUT2D eigenvalue weighted by Gasteiger charge is -2.29.